The lowest BCUT2D eigenvalue weighted by Gasteiger charge is -2.15. The van der Waals surface area contributed by atoms with E-state index >= 15 is 0 Å². The molecule has 1 aromatic rings. The van der Waals surface area contributed by atoms with Crippen molar-refractivity contribution in [2.24, 2.45) is 5.73 Å². The summed E-state index contributed by atoms with van der Waals surface area (Å²) in [4.78, 5) is 11.2. The maximum Gasteiger partial charge on any atom is 0.305 e. The van der Waals surface area contributed by atoms with Gasteiger partial charge in [0.2, 0.25) is 0 Å². The standard InChI is InChI=1S/C14H19Cl2NO3/c1-3-20-14(18)6-4-5-12(17)9-7-11(16)13(19-2)8-10(9)15/h7-8,12H,3-6,17H2,1-2H3. The van der Waals surface area contributed by atoms with E-state index in [1.54, 1.807) is 19.1 Å². The highest BCUT2D eigenvalue weighted by Gasteiger charge is 2.14. The van der Waals surface area contributed by atoms with Crippen molar-refractivity contribution in [3.8, 4) is 5.75 Å². The molecule has 0 aliphatic rings. The molecule has 1 unspecified atom stereocenters. The fourth-order valence-corrected chi connectivity index (χ4v) is 2.38. The topological polar surface area (TPSA) is 61.5 Å². The first kappa shape index (κ1) is 17.1. The summed E-state index contributed by atoms with van der Waals surface area (Å²) in [6.07, 6.45) is 1.62. The Kier molecular flexibility index (Phi) is 7.13. The van der Waals surface area contributed by atoms with Gasteiger partial charge in [-0.1, -0.05) is 23.2 Å². The lowest BCUT2D eigenvalue weighted by Crippen LogP contribution is -2.12. The second-order valence-electron chi connectivity index (χ2n) is 4.31. The van der Waals surface area contributed by atoms with Crippen molar-refractivity contribution in [2.45, 2.75) is 32.2 Å². The third-order valence-electron chi connectivity index (χ3n) is 2.87. The number of hydrogen-bond acceptors (Lipinski definition) is 4. The molecule has 0 aliphatic heterocycles. The summed E-state index contributed by atoms with van der Waals surface area (Å²) < 4.78 is 9.94. The summed E-state index contributed by atoms with van der Waals surface area (Å²) in [6, 6.07) is 3.07. The Hall–Kier alpha value is -0.970. The van der Waals surface area contributed by atoms with Gasteiger partial charge in [-0.25, -0.2) is 0 Å². The largest absolute Gasteiger partial charge is 0.495 e. The average molecular weight is 320 g/mol. The van der Waals surface area contributed by atoms with Crippen LogP contribution in [0.3, 0.4) is 0 Å². The summed E-state index contributed by atoms with van der Waals surface area (Å²) >= 11 is 12.2. The van der Waals surface area contributed by atoms with Gasteiger partial charge < -0.3 is 15.2 Å². The quantitative estimate of drug-likeness (QED) is 0.778. The van der Waals surface area contributed by atoms with E-state index < -0.39 is 0 Å². The van der Waals surface area contributed by atoms with Gasteiger partial charge in [-0.3, -0.25) is 4.79 Å². The first-order valence-electron chi connectivity index (χ1n) is 6.43. The number of methoxy groups -OCH3 is 1. The molecule has 0 amide bonds. The molecule has 1 rings (SSSR count). The number of carbonyl (C=O) groups excluding carboxylic acids is 1. The highest BCUT2D eigenvalue weighted by atomic mass is 35.5. The van der Waals surface area contributed by atoms with Crippen LogP contribution in [0, 0.1) is 0 Å². The van der Waals surface area contributed by atoms with Crippen LogP contribution in [0.1, 0.15) is 37.8 Å². The molecule has 0 spiro atoms. The van der Waals surface area contributed by atoms with Crippen LogP contribution in [0.15, 0.2) is 12.1 Å². The van der Waals surface area contributed by atoms with Crippen molar-refractivity contribution in [3.05, 3.63) is 27.7 Å². The van der Waals surface area contributed by atoms with Gasteiger partial charge in [-0.2, -0.15) is 0 Å². The molecule has 0 saturated carbocycles. The fourth-order valence-electron chi connectivity index (χ4n) is 1.84. The molecule has 4 nitrogen and oxygen atoms in total. The van der Waals surface area contributed by atoms with E-state index in [0.717, 1.165) is 5.56 Å². The van der Waals surface area contributed by atoms with Gasteiger partial charge in [-0.05, 0) is 31.4 Å². The maximum atomic E-state index is 11.2. The lowest BCUT2D eigenvalue weighted by atomic mass is 10.0. The van der Waals surface area contributed by atoms with Gasteiger partial charge >= 0.3 is 5.97 Å². The van der Waals surface area contributed by atoms with Gasteiger partial charge in [0, 0.05) is 23.6 Å². The number of benzene rings is 1. The van der Waals surface area contributed by atoms with Crippen LogP contribution in [-0.4, -0.2) is 19.7 Å². The molecule has 2 N–H and O–H groups in total. The van der Waals surface area contributed by atoms with Gasteiger partial charge in [0.25, 0.3) is 0 Å². The van der Waals surface area contributed by atoms with E-state index in [1.807, 2.05) is 0 Å². The summed E-state index contributed by atoms with van der Waals surface area (Å²) in [5.41, 5.74) is 6.83. The minimum atomic E-state index is -0.277. The molecule has 6 heteroatoms. The van der Waals surface area contributed by atoms with Crippen LogP contribution < -0.4 is 10.5 Å². The number of halogens is 2. The smallest absolute Gasteiger partial charge is 0.305 e. The Balaban J connectivity index is 2.61. The number of esters is 1. The van der Waals surface area contributed by atoms with E-state index in [0.29, 0.717) is 41.7 Å². The average Bonchev–Trinajstić information content (AvgIpc) is 2.41. The molecule has 0 fully saturated rings. The Morgan fingerprint density at radius 3 is 2.65 bits per heavy atom. The third kappa shape index (κ3) is 4.85. The predicted molar refractivity (Wildman–Crippen MR) is 80.4 cm³/mol. The number of hydrogen-bond donors (Lipinski definition) is 1. The molecule has 0 aliphatic carbocycles. The highest BCUT2D eigenvalue weighted by Crippen LogP contribution is 2.34. The normalized spacial score (nSPS) is 12.1. The monoisotopic (exact) mass is 319 g/mol. The first-order chi connectivity index (χ1) is 9.49. The van der Waals surface area contributed by atoms with Crippen LogP contribution in [0.2, 0.25) is 10.0 Å². The van der Waals surface area contributed by atoms with E-state index in [9.17, 15) is 4.79 Å². The van der Waals surface area contributed by atoms with Crippen LogP contribution in [-0.2, 0) is 9.53 Å². The van der Waals surface area contributed by atoms with Crippen molar-refractivity contribution >= 4 is 29.2 Å². The zero-order chi connectivity index (χ0) is 15.1. The van der Waals surface area contributed by atoms with E-state index in [2.05, 4.69) is 0 Å². The highest BCUT2D eigenvalue weighted by molar-refractivity contribution is 6.34. The molecule has 0 saturated heterocycles. The molecule has 0 radical (unpaired) electrons. The van der Waals surface area contributed by atoms with Crippen LogP contribution in [0.25, 0.3) is 0 Å². The Labute approximate surface area is 129 Å². The Morgan fingerprint density at radius 2 is 2.05 bits per heavy atom. The number of ether oxygens (including phenoxy) is 2. The predicted octanol–water partition coefficient (Wildman–Crippen LogP) is 3.74. The summed E-state index contributed by atoms with van der Waals surface area (Å²) in [6.45, 7) is 2.17. The molecular formula is C14H19Cl2NO3. The molecule has 0 heterocycles. The van der Waals surface area contributed by atoms with E-state index in [1.165, 1.54) is 7.11 Å². The van der Waals surface area contributed by atoms with Gasteiger partial charge in [0.15, 0.2) is 0 Å². The molecule has 1 aromatic carbocycles. The Morgan fingerprint density at radius 1 is 1.35 bits per heavy atom. The second-order valence-corrected chi connectivity index (χ2v) is 5.13. The minimum Gasteiger partial charge on any atom is -0.495 e. The lowest BCUT2D eigenvalue weighted by molar-refractivity contribution is -0.143. The summed E-state index contributed by atoms with van der Waals surface area (Å²) in [7, 11) is 1.52. The maximum absolute atomic E-state index is 11.2. The van der Waals surface area contributed by atoms with Crippen molar-refractivity contribution in [2.75, 3.05) is 13.7 Å². The van der Waals surface area contributed by atoms with Crippen LogP contribution in [0.5, 0.6) is 5.75 Å². The summed E-state index contributed by atoms with van der Waals surface area (Å²) in [5.74, 6) is 0.303. The number of carbonyl (C=O) groups is 1. The minimum absolute atomic E-state index is 0.210. The molecule has 0 aromatic heterocycles. The van der Waals surface area contributed by atoms with E-state index in [-0.39, 0.29) is 12.0 Å². The molecule has 0 bridgehead atoms. The molecule has 1 atom stereocenters. The number of rotatable bonds is 7. The van der Waals surface area contributed by atoms with E-state index in [4.69, 9.17) is 38.4 Å². The van der Waals surface area contributed by atoms with Crippen molar-refractivity contribution in [1.82, 2.24) is 0 Å². The van der Waals surface area contributed by atoms with Crippen LogP contribution >= 0.6 is 23.2 Å². The SMILES string of the molecule is CCOC(=O)CCCC(N)c1cc(Cl)c(OC)cc1Cl. The zero-order valence-electron chi connectivity index (χ0n) is 11.6. The second kappa shape index (κ2) is 8.35. The van der Waals surface area contributed by atoms with Gasteiger partial charge in [-0.15, -0.1) is 0 Å². The Bertz CT molecular complexity index is 466. The van der Waals surface area contributed by atoms with Crippen molar-refractivity contribution in [1.29, 1.82) is 0 Å². The van der Waals surface area contributed by atoms with Crippen molar-refractivity contribution < 1.29 is 14.3 Å². The number of nitrogens with two attached hydrogens (primary N) is 1. The van der Waals surface area contributed by atoms with Crippen LogP contribution in [0.4, 0.5) is 0 Å². The molecular weight excluding hydrogens is 301 g/mol. The molecule has 20 heavy (non-hydrogen) atoms. The first-order valence-corrected chi connectivity index (χ1v) is 7.19. The summed E-state index contributed by atoms with van der Waals surface area (Å²) in [5, 5.41) is 0.975. The van der Waals surface area contributed by atoms with Crippen molar-refractivity contribution in [3.63, 3.8) is 0 Å². The fraction of sp³-hybridized carbons (Fsp3) is 0.500. The molecule has 112 valence electrons. The zero-order valence-corrected chi connectivity index (χ0v) is 13.1. The third-order valence-corrected chi connectivity index (χ3v) is 3.49. The van der Waals surface area contributed by atoms with Gasteiger partial charge in [0.1, 0.15) is 5.75 Å². The van der Waals surface area contributed by atoms with Gasteiger partial charge in [0.05, 0.1) is 18.7 Å².